The van der Waals surface area contributed by atoms with Crippen molar-refractivity contribution in [2.24, 2.45) is 11.8 Å². The van der Waals surface area contributed by atoms with Crippen molar-refractivity contribution in [1.82, 2.24) is 15.1 Å². The Labute approximate surface area is 141 Å². The molecule has 134 valence electrons. The first kappa shape index (κ1) is 18.5. The maximum absolute atomic E-state index is 12.4. The smallest absolute Gasteiger partial charge is 0.317 e. The first-order chi connectivity index (χ1) is 11.1. The van der Waals surface area contributed by atoms with Crippen molar-refractivity contribution in [1.29, 1.82) is 0 Å². The van der Waals surface area contributed by atoms with Gasteiger partial charge in [-0.3, -0.25) is 0 Å². The molecule has 23 heavy (non-hydrogen) atoms. The zero-order valence-electron chi connectivity index (χ0n) is 15.0. The number of nitrogens with one attached hydrogen (secondary N) is 1. The third-order valence-electron chi connectivity index (χ3n) is 5.36. The second-order valence-electron chi connectivity index (χ2n) is 7.65. The highest BCUT2D eigenvalue weighted by Crippen LogP contribution is 2.22. The highest BCUT2D eigenvalue weighted by Gasteiger charge is 2.26. The third kappa shape index (κ3) is 6.30. The molecule has 0 aromatic rings. The minimum Gasteiger partial charge on any atom is -0.396 e. The molecule has 2 amide bonds. The summed E-state index contributed by atoms with van der Waals surface area (Å²) in [6.45, 7) is 9.93. The van der Waals surface area contributed by atoms with Crippen LogP contribution in [0.15, 0.2) is 0 Å². The summed E-state index contributed by atoms with van der Waals surface area (Å²) in [4.78, 5) is 17.0. The summed E-state index contributed by atoms with van der Waals surface area (Å²) in [6, 6.07) is 0.214. The van der Waals surface area contributed by atoms with Crippen molar-refractivity contribution in [2.75, 3.05) is 39.3 Å². The summed E-state index contributed by atoms with van der Waals surface area (Å²) in [7, 11) is 0. The Morgan fingerprint density at radius 2 is 2.00 bits per heavy atom. The molecule has 0 aromatic heterocycles. The number of carbonyl (C=O) groups excluding carboxylic acids is 1. The number of amides is 2. The fourth-order valence-electron chi connectivity index (χ4n) is 3.78. The van der Waals surface area contributed by atoms with E-state index in [1.807, 2.05) is 11.8 Å². The number of carbonyl (C=O) groups is 1. The molecule has 2 aliphatic heterocycles. The van der Waals surface area contributed by atoms with Gasteiger partial charge in [0.05, 0.1) is 0 Å². The van der Waals surface area contributed by atoms with Gasteiger partial charge in [-0.15, -0.1) is 0 Å². The highest BCUT2D eigenvalue weighted by atomic mass is 16.3. The van der Waals surface area contributed by atoms with Crippen LogP contribution < -0.4 is 5.32 Å². The largest absolute Gasteiger partial charge is 0.396 e. The fourth-order valence-corrected chi connectivity index (χ4v) is 3.78. The van der Waals surface area contributed by atoms with Crippen LogP contribution >= 0.6 is 0 Å². The lowest BCUT2D eigenvalue weighted by Crippen LogP contribution is -2.50. The number of hydrogen-bond donors (Lipinski definition) is 2. The van der Waals surface area contributed by atoms with Crippen LogP contribution in [0.2, 0.25) is 0 Å². The summed E-state index contributed by atoms with van der Waals surface area (Å²) in [5.74, 6) is 1.50. The Hall–Kier alpha value is -0.810. The fraction of sp³-hybridized carbons (Fsp3) is 0.944. The van der Waals surface area contributed by atoms with Gasteiger partial charge >= 0.3 is 6.03 Å². The molecule has 0 aromatic carbocycles. The molecule has 2 saturated heterocycles. The van der Waals surface area contributed by atoms with Crippen molar-refractivity contribution in [2.45, 2.75) is 58.4 Å². The van der Waals surface area contributed by atoms with E-state index in [2.05, 4.69) is 17.1 Å². The van der Waals surface area contributed by atoms with Gasteiger partial charge in [-0.05, 0) is 70.4 Å². The maximum atomic E-state index is 12.4. The van der Waals surface area contributed by atoms with Crippen molar-refractivity contribution >= 4 is 6.03 Å². The molecule has 2 unspecified atom stereocenters. The number of nitrogens with zero attached hydrogens (tertiary/aromatic N) is 2. The van der Waals surface area contributed by atoms with Crippen LogP contribution in [-0.2, 0) is 0 Å². The predicted octanol–water partition coefficient (Wildman–Crippen LogP) is 2.30. The van der Waals surface area contributed by atoms with Crippen molar-refractivity contribution < 1.29 is 9.90 Å². The van der Waals surface area contributed by atoms with E-state index in [1.54, 1.807) is 0 Å². The van der Waals surface area contributed by atoms with Crippen LogP contribution in [0.5, 0.6) is 0 Å². The molecule has 2 rings (SSSR count). The molecule has 2 heterocycles. The van der Waals surface area contributed by atoms with Gasteiger partial charge in [0, 0.05) is 32.3 Å². The van der Waals surface area contributed by atoms with Crippen LogP contribution in [0.1, 0.15) is 52.4 Å². The van der Waals surface area contributed by atoms with E-state index in [1.165, 1.54) is 32.4 Å². The van der Waals surface area contributed by atoms with E-state index in [4.69, 9.17) is 5.11 Å². The minimum atomic E-state index is 0.0763. The molecule has 5 nitrogen and oxygen atoms in total. The SMILES string of the molecule is CC1CCN(CC2CCCN(C(=O)NC(C)CCCO)C2)CC1. The molecule has 0 radical (unpaired) electrons. The molecule has 0 aliphatic carbocycles. The standard InChI is InChI=1S/C18H35N3O2/c1-15-7-10-20(11-8-15)13-17-6-3-9-21(14-17)18(23)19-16(2)5-4-12-22/h15-17,22H,3-14H2,1-2H3,(H,19,23). The van der Waals surface area contributed by atoms with E-state index in [0.29, 0.717) is 5.92 Å². The zero-order chi connectivity index (χ0) is 16.7. The molecule has 0 saturated carbocycles. The lowest BCUT2D eigenvalue weighted by molar-refractivity contribution is 0.119. The van der Waals surface area contributed by atoms with Gasteiger partial charge in [0.15, 0.2) is 0 Å². The van der Waals surface area contributed by atoms with Crippen LogP contribution in [0, 0.1) is 11.8 Å². The monoisotopic (exact) mass is 325 g/mol. The summed E-state index contributed by atoms with van der Waals surface area (Å²) in [5, 5.41) is 12.0. The topological polar surface area (TPSA) is 55.8 Å². The lowest BCUT2D eigenvalue weighted by Gasteiger charge is -2.38. The third-order valence-corrected chi connectivity index (χ3v) is 5.36. The normalized spacial score (nSPS) is 25.3. The van der Waals surface area contributed by atoms with E-state index >= 15 is 0 Å². The van der Waals surface area contributed by atoms with Crippen LogP contribution in [0.25, 0.3) is 0 Å². The molecule has 2 fully saturated rings. The predicted molar refractivity (Wildman–Crippen MR) is 93.4 cm³/mol. The molecular weight excluding hydrogens is 290 g/mol. The van der Waals surface area contributed by atoms with Gasteiger partial charge in [-0.25, -0.2) is 4.79 Å². The van der Waals surface area contributed by atoms with Crippen molar-refractivity contribution in [3.05, 3.63) is 0 Å². The molecule has 0 bridgehead atoms. The Morgan fingerprint density at radius 3 is 2.70 bits per heavy atom. The molecule has 5 heteroatoms. The van der Waals surface area contributed by atoms with Crippen molar-refractivity contribution in [3.8, 4) is 0 Å². The molecular formula is C18H35N3O2. The van der Waals surface area contributed by atoms with Gasteiger partial charge in [0.25, 0.3) is 0 Å². The molecule has 2 aliphatic rings. The number of likely N-dealkylation sites (tertiary alicyclic amines) is 2. The lowest BCUT2D eigenvalue weighted by atomic mass is 9.94. The Balaban J connectivity index is 1.73. The van der Waals surface area contributed by atoms with Gasteiger partial charge in [-0.1, -0.05) is 6.92 Å². The summed E-state index contributed by atoms with van der Waals surface area (Å²) in [6.07, 6.45) is 6.59. The maximum Gasteiger partial charge on any atom is 0.317 e. The second-order valence-corrected chi connectivity index (χ2v) is 7.65. The minimum absolute atomic E-state index is 0.0763. The average molecular weight is 325 g/mol. The summed E-state index contributed by atoms with van der Waals surface area (Å²) >= 11 is 0. The Morgan fingerprint density at radius 1 is 1.26 bits per heavy atom. The number of rotatable bonds is 6. The van der Waals surface area contributed by atoms with Crippen LogP contribution in [0.4, 0.5) is 4.79 Å². The number of aliphatic hydroxyl groups is 1. The van der Waals surface area contributed by atoms with Crippen LogP contribution in [-0.4, -0.2) is 66.3 Å². The van der Waals surface area contributed by atoms with Gasteiger partial charge in [0.2, 0.25) is 0 Å². The van der Waals surface area contributed by atoms with Crippen molar-refractivity contribution in [3.63, 3.8) is 0 Å². The summed E-state index contributed by atoms with van der Waals surface area (Å²) < 4.78 is 0. The number of aliphatic hydroxyl groups excluding tert-OH is 1. The Bertz CT molecular complexity index is 356. The first-order valence-electron chi connectivity index (χ1n) is 9.47. The average Bonchev–Trinajstić information content (AvgIpc) is 2.55. The number of piperidine rings is 2. The number of hydrogen-bond acceptors (Lipinski definition) is 3. The van der Waals surface area contributed by atoms with Gasteiger partial charge in [-0.2, -0.15) is 0 Å². The zero-order valence-corrected chi connectivity index (χ0v) is 15.0. The van der Waals surface area contributed by atoms with E-state index in [0.717, 1.165) is 44.8 Å². The first-order valence-corrected chi connectivity index (χ1v) is 9.47. The van der Waals surface area contributed by atoms with Crippen LogP contribution in [0.3, 0.4) is 0 Å². The summed E-state index contributed by atoms with van der Waals surface area (Å²) in [5.41, 5.74) is 0. The van der Waals surface area contributed by atoms with E-state index in [9.17, 15) is 4.79 Å². The molecule has 0 spiro atoms. The quantitative estimate of drug-likeness (QED) is 0.788. The van der Waals surface area contributed by atoms with Gasteiger partial charge < -0.3 is 20.2 Å². The van der Waals surface area contributed by atoms with Gasteiger partial charge in [0.1, 0.15) is 0 Å². The van der Waals surface area contributed by atoms with E-state index in [-0.39, 0.29) is 18.7 Å². The Kier molecular flexibility index (Phi) is 7.63. The number of urea groups is 1. The van der Waals surface area contributed by atoms with E-state index < -0.39 is 0 Å². The highest BCUT2D eigenvalue weighted by molar-refractivity contribution is 5.74. The molecule has 2 N–H and O–H groups in total. The second kappa shape index (κ2) is 9.48. The molecule has 2 atom stereocenters.